The van der Waals surface area contributed by atoms with E-state index in [9.17, 15) is 19.2 Å². The molecule has 46 heavy (non-hydrogen) atoms. The normalized spacial score (nSPS) is 26.8. The van der Waals surface area contributed by atoms with E-state index in [1.54, 1.807) is 31.2 Å². The number of halogens is 1. The highest BCUT2D eigenvalue weighted by molar-refractivity contribution is 6.32. The molecule has 1 fully saturated rings. The van der Waals surface area contributed by atoms with Crippen molar-refractivity contribution >= 4 is 35.4 Å². The average molecular weight is 655 g/mol. The lowest BCUT2D eigenvalue weighted by Crippen LogP contribution is -2.50. The second kappa shape index (κ2) is 16.1. The summed E-state index contributed by atoms with van der Waals surface area (Å²) >= 11 is 6.30. The zero-order valence-corrected chi connectivity index (χ0v) is 27.6. The Morgan fingerprint density at radius 1 is 1.00 bits per heavy atom. The fourth-order valence-corrected chi connectivity index (χ4v) is 5.80. The monoisotopic (exact) mass is 654 g/mol. The van der Waals surface area contributed by atoms with E-state index in [4.69, 9.17) is 30.5 Å². The Balaban J connectivity index is 1.58. The SMILES string of the molecule is COc1ccc(C[C@H]2NC(=O)C=CC[C@@H]([C@H](C)C3O[C@@H]3c3ccccc3)OC(=O)[C@H](CC(C)C)OC(=O)C[C@@H](C)NC2=O)cc1Cl. The van der Waals surface area contributed by atoms with Gasteiger partial charge in [0.25, 0.3) is 0 Å². The highest BCUT2D eigenvalue weighted by atomic mass is 35.5. The molecule has 248 valence electrons. The third-order valence-electron chi connectivity index (χ3n) is 8.04. The number of methoxy groups -OCH3 is 1. The minimum absolute atomic E-state index is 0.0361. The van der Waals surface area contributed by atoms with Gasteiger partial charge in [0.1, 0.15) is 24.0 Å². The Labute approximate surface area is 275 Å². The standard InChI is InChI=1S/C35H43ClN2O8/c1-20(2)16-29-35(42)45-27(22(4)32-33(46-32)24-10-7-6-8-11-24)12-9-13-30(39)38-26(34(41)37-21(3)17-31(40)44-29)19-23-14-15-28(43-5)25(36)18-23/h6-11,13-15,18,20-22,26-27,29,32-33H,12,16-17,19H2,1-5H3,(H,37,41)(H,38,39)/t21-,22+,26-,27+,29+,32?,33-/m1/s1. The number of hydrogen-bond acceptors (Lipinski definition) is 8. The van der Waals surface area contributed by atoms with Gasteiger partial charge in [0.15, 0.2) is 6.10 Å². The van der Waals surface area contributed by atoms with Gasteiger partial charge >= 0.3 is 11.9 Å². The van der Waals surface area contributed by atoms with Crippen LogP contribution < -0.4 is 15.4 Å². The Kier molecular flexibility index (Phi) is 12.2. The minimum atomic E-state index is -1.12. The van der Waals surface area contributed by atoms with Gasteiger partial charge in [-0.2, -0.15) is 0 Å². The molecule has 0 saturated carbocycles. The summed E-state index contributed by atoms with van der Waals surface area (Å²) < 4.78 is 22.9. The first-order valence-electron chi connectivity index (χ1n) is 15.6. The number of rotatable bonds is 8. The molecule has 10 nitrogen and oxygen atoms in total. The van der Waals surface area contributed by atoms with Gasteiger partial charge in [-0.25, -0.2) is 4.79 Å². The number of epoxide rings is 1. The van der Waals surface area contributed by atoms with Crippen LogP contribution in [-0.2, 0) is 39.8 Å². The van der Waals surface area contributed by atoms with Gasteiger partial charge in [-0.1, -0.05) is 74.8 Å². The van der Waals surface area contributed by atoms with E-state index >= 15 is 0 Å². The first-order chi connectivity index (χ1) is 21.9. The maximum absolute atomic E-state index is 13.4. The smallest absolute Gasteiger partial charge is 0.347 e. The number of benzene rings is 2. The van der Waals surface area contributed by atoms with Crippen molar-refractivity contribution in [1.82, 2.24) is 10.6 Å². The van der Waals surface area contributed by atoms with Gasteiger partial charge in [-0.3, -0.25) is 14.4 Å². The first-order valence-corrected chi connectivity index (χ1v) is 16.0. The number of hydrogen-bond donors (Lipinski definition) is 2. The highest BCUT2D eigenvalue weighted by Gasteiger charge is 2.47. The van der Waals surface area contributed by atoms with Crippen LogP contribution in [0.3, 0.4) is 0 Å². The van der Waals surface area contributed by atoms with Gasteiger partial charge in [-0.15, -0.1) is 0 Å². The Bertz CT molecular complexity index is 1410. The van der Waals surface area contributed by atoms with E-state index in [1.807, 2.05) is 51.1 Å². The van der Waals surface area contributed by atoms with E-state index in [1.165, 1.54) is 13.2 Å². The van der Waals surface area contributed by atoms with Crippen LogP contribution in [0.15, 0.2) is 60.7 Å². The molecule has 2 amide bonds. The summed E-state index contributed by atoms with van der Waals surface area (Å²) in [4.78, 5) is 52.9. The van der Waals surface area contributed by atoms with Crippen LogP contribution in [-0.4, -0.2) is 61.3 Å². The largest absolute Gasteiger partial charge is 0.495 e. The molecule has 0 radical (unpaired) electrons. The van der Waals surface area contributed by atoms with Crippen molar-refractivity contribution < 1.29 is 38.1 Å². The fourth-order valence-electron chi connectivity index (χ4n) is 5.52. The van der Waals surface area contributed by atoms with Crippen molar-refractivity contribution in [2.75, 3.05) is 7.11 Å². The molecule has 2 aliphatic heterocycles. The van der Waals surface area contributed by atoms with Crippen molar-refractivity contribution in [1.29, 1.82) is 0 Å². The van der Waals surface area contributed by atoms with Gasteiger partial charge in [0, 0.05) is 24.8 Å². The summed E-state index contributed by atoms with van der Waals surface area (Å²) in [6, 6.07) is 13.3. The number of ether oxygens (including phenoxy) is 4. The zero-order valence-electron chi connectivity index (χ0n) is 26.9. The molecule has 2 aromatic carbocycles. The van der Waals surface area contributed by atoms with Gasteiger partial charge < -0.3 is 29.6 Å². The summed E-state index contributed by atoms with van der Waals surface area (Å²) in [6.07, 6.45) is 1.23. The lowest BCUT2D eigenvalue weighted by Gasteiger charge is -2.26. The molecule has 7 atom stereocenters. The molecule has 2 heterocycles. The molecule has 2 aromatic rings. The van der Waals surface area contributed by atoms with Crippen molar-refractivity contribution in [3.63, 3.8) is 0 Å². The van der Waals surface area contributed by atoms with Crippen LogP contribution in [0.4, 0.5) is 0 Å². The maximum Gasteiger partial charge on any atom is 0.347 e. The number of esters is 2. The Morgan fingerprint density at radius 3 is 2.41 bits per heavy atom. The number of amides is 2. The molecule has 0 aromatic heterocycles. The first kappa shape index (κ1) is 35.0. The summed E-state index contributed by atoms with van der Waals surface area (Å²) in [5, 5.41) is 5.91. The molecule has 0 spiro atoms. The van der Waals surface area contributed by atoms with Crippen LogP contribution in [0.2, 0.25) is 5.02 Å². The van der Waals surface area contributed by atoms with E-state index in [0.29, 0.717) is 16.3 Å². The maximum atomic E-state index is 13.4. The number of carbonyl (C=O) groups is 4. The van der Waals surface area contributed by atoms with Crippen LogP contribution in [0.25, 0.3) is 0 Å². The molecule has 1 unspecified atom stereocenters. The quantitative estimate of drug-likeness (QED) is 0.304. The van der Waals surface area contributed by atoms with Crippen LogP contribution in [0.5, 0.6) is 5.75 Å². The molecule has 11 heteroatoms. The number of cyclic esters (lactones) is 2. The lowest BCUT2D eigenvalue weighted by atomic mass is 9.93. The molecule has 0 bridgehead atoms. The number of carbonyl (C=O) groups excluding carboxylic acids is 4. The van der Waals surface area contributed by atoms with Crippen molar-refractivity contribution in [3.8, 4) is 5.75 Å². The van der Waals surface area contributed by atoms with Gasteiger partial charge in [0.2, 0.25) is 11.8 Å². The van der Waals surface area contributed by atoms with Crippen molar-refractivity contribution in [2.45, 2.75) is 89.9 Å². The predicted molar refractivity (Wildman–Crippen MR) is 172 cm³/mol. The highest BCUT2D eigenvalue weighted by Crippen LogP contribution is 2.45. The minimum Gasteiger partial charge on any atom is -0.495 e. The van der Waals surface area contributed by atoms with E-state index in [-0.39, 0.29) is 49.7 Å². The van der Waals surface area contributed by atoms with E-state index in [0.717, 1.165) is 5.56 Å². The molecular formula is C35H43ClN2O8. The Morgan fingerprint density at radius 2 is 1.74 bits per heavy atom. The predicted octanol–water partition coefficient (Wildman–Crippen LogP) is 4.88. The summed E-state index contributed by atoms with van der Waals surface area (Å²) in [5.41, 5.74) is 1.73. The van der Waals surface area contributed by atoms with Gasteiger partial charge in [-0.05, 0) is 48.6 Å². The Hall–Kier alpha value is -3.89. The molecule has 4 rings (SSSR count). The molecule has 2 aliphatic rings. The third-order valence-corrected chi connectivity index (χ3v) is 8.33. The average Bonchev–Trinajstić information content (AvgIpc) is 3.80. The summed E-state index contributed by atoms with van der Waals surface area (Å²) in [6.45, 7) is 7.42. The molecule has 0 aliphatic carbocycles. The molecule has 2 N–H and O–H groups in total. The van der Waals surface area contributed by atoms with Crippen LogP contribution >= 0.6 is 11.6 Å². The molecule has 1 saturated heterocycles. The summed E-state index contributed by atoms with van der Waals surface area (Å²) in [5.74, 6) is -2.01. The second-order valence-electron chi connectivity index (χ2n) is 12.4. The van der Waals surface area contributed by atoms with Crippen molar-refractivity contribution in [2.24, 2.45) is 11.8 Å². The third kappa shape index (κ3) is 9.80. The lowest BCUT2D eigenvalue weighted by molar-refractivity contribution is -0.174. The van der Waals surface area contributed by atoms with Crippen LogP contribution in [0.1, 0.15) is 64.2 Å². The van der Waals surface area contributed by atoms with Crippen LogP contribution in [0, 0.1) is 11.8 Å². The van der Waals surface area contributed by atoms with E-state index in [2.05, 4.69) is 10.6 Å². The van der Waals surface area contributed by atoms with Gasteiger partial charge in [0.05, 0.1) is 24.7 Å². The summed E-state index contributed by atoms with van der Waals surface area (Å²) in [7, 11) is 1.51. The molecular weight excluding hydrogens is 612 g/mol. The zero-order chi connectivity index (χ0) is 33.4. The number of nitrogens with one attached hydrogen (secondary N) is 2. The van der Waals surface area contributed by atoms with Crippen molar-refractivity contribution in [3.05, 3.63) is 76.8 Å². The fraction of sp³-hybridized carbons (Fsp3) is 0.486. The second-order valence-corrected chi connectivity index (χ2v) is 12.8. The topological polar surface area (TPSA) is 133 Å². The van der Waals surface area contributed by atoms with E-state index < -0.39 is 48.0 Å².